The van der Waals surface area contributed by atoms with Crippen molar-refractivity contribution in [2.24, 2.45) is 0 Å². The number of carbonyl (C=O) groups excluding carboxylic acids is 1. The number of hydrogen-bond donors (Lipinski definition) is 2. The first-order valence-electron chi connectivity index (χ1n) is 36.1. The number of phosphoric acid groups is 1. The van der Waals surface area contributed by atoms with Crippen molar-refractivity contribution in [3.05, 3.63) is 97.2 Å². The van der Waals surface area contributed by atoms with Crippen molar-refractivity contribution in [3.8, 4) is 0 Å². The fourth-order valence-electron chi connectivity index (χ4n) is 10.5. The molecule has 1 amide bonds. The zero-order valence-electron chi connectivity index (χ0n) is 56.5. The smallest absolute Gasteiger partial charge is 0.268 e. The molecule has 0 aromatic carbocycles. The van der Waals surface area contributed by atoms with Crippen LogP contribution in [0.2, 0.25) is 0 Å². The molecule has 0 saturated heterocycles. The highest BCUT2D eigenvalue weighted by molar-refractivity contribution is 7.45. The summed E-state index contributed by atoms with van der Waals surface area (Å²) in [6, 6.07) is -0.890. The lowest BCUT2D eigenvalue weighted by molar-refractivity contribution is -0.870. The van der Waals surface area contributed by atoms with Crippen LogP contribution in [-0.2, 0) is 18.4 Å². The molecule has 3 unspecified atom stereocenters. The number of quaternary nitrogens is 1. The first-order valence-corrected chi connectivity index (χ1v) is 37.6. The minimum absolute atomic E-state index is 0.00180. The van der Waals surface area contributed by atoms with E-state index < -0.39 is 20.0 Å². The van der Waals surface area contributed by atoms with Crippen LogP contribution in [0, 0.1) is 0 Å². The number of phosphoric ester groups is 1. The average Bonchev–Trinajstić information content (AvgIpc) is 3.48. The number of allylic oxidation sites excluding steroid dienone is 15. The van der Waals surface area contributed by atoms with E-state index in [9.17, 15) is 19.4 Å². The predicted molar refractivity (Wildman–Crippen MR) is 371 cm³/mol. The molecule has 0 saturated carbocycles. The number of nitrogens with one attached hydrogen (secondary N) is 1. The molecule has 0 spiro atoms. The first kappa shape index (κ1) is 82.4. The number of amides is 1. The van der Waals surface area contributed by atoms with Gasteiger partial charge in [0.15, 0.2) is 0 Å². The van der Waals surface area contributed by atoms with Gasteiger partial charge in [-0.1, -0.05) is 342 Å². The van der Waals surface area contributed by atoms with E-state index in [4.69, 9.17) is 9.05 Å². The van der Waals surface area contributed by atoms with E-state index >= 15 is 0 Å². The van der Waals surface area contributed by atoms with E-state index in [1.807, 2.05) is 27.2 Å². The van der Waals surface area contributed by atoms with Gasteiger partial charge in [0, 0.05) is 6.42 Å². The van der Waals surface area contributed by atoms with Gasteiger partial charge in [0.25, 0.3) is 7.82 Å². The van der Waals surface area contributed by atoms with Crippen LogP contribution in [0.1, 0.15) is 328 Å². The van der Waals surface area contributed by atoms with Crippen molar-refractivity contribution < 1.29 is 32.9 Å². The predicted octanol–water partition coefficient (Wildman–Crippen LogP) is 22.6. The van der Waals surface area contributed by atoms with Gasteiger partial charge in [-0.15, -0.1) is 0 Å². The van der Waals surface area contributed by atoms with Crippen LogP contribution in [0.5, 0.6) is 0 Å². The van der Waals surface area contributed by atoms with Gasteiger partial charge in [0.2, 0.25) is 5.91 Å². The van der Waals surface area contributed by atoms with Gasteiger partial charge in [0.1, 0.15) is 13.2 Å². The Balaban J connectivity index is 3.99. The zero-order valence-corrected chi connectivity index (χ0v) is 57.4. The Kier molecular flexibility index (Phi) is 63.9. The Morgan fingerprint density at radius 2 is 0.718 bits per heavy atom. The summed E-state index contributed by atoms with van der Waals surface area (Å²) < 4.78 is 23.5. The Bertz CT molecular complexity index is 1710. The third-order valence-corrected chi connectivity index (χ3v) is 17.0. The number of unbranched alkanes of at least 4 members (excludes halogenated alkanes) is 39. The molecular formula is C76H139N2O6P. The second kappa shape index (κ2) is 65.9. The van der Waals surface area contributed by atoms with Gasteiger partial charge in [0.05, 0.1) is 39.9 Å². The van der Waals surface area contributed by atoms with Crippen molar-refractivity contribution in [1.82, 2.24) is 5.32 Å². The first-order chi connectivity index (χ1) is 41.5. The number of likely N-dealkylation sites (N-methyl/N-ethyl adjacent to an activating group) is 1. The number of rotatable bonds is 66. The summed E-state index contributed by atoms with van der Waals surface area (Å²) in [7, 11) is 1.27. The lowest BCUT2D eigenvalue weighted by Crippen LogP contribution is -2.45. The lowest BCUT2D eigenvalue weighted by atomic mass is 10.0. The summed E-state index contributed by atoms with van der Waals surface area (Å²) in [6.07, 6.45) is 95.3. The van der Waals surface area contributed by atoms with Gasteiger partial charge in [-0.3, -0.25) is 9.36 Å². The third kappa shape index (κ3) is 68.8. The number of nitrogens with zero attached hydrogens (tertiary/aromatic N) is 1. The molecule has 0 aromatic rings. The number of aliphatic hydroxyl groups is 1. The molecule has 0 rings (SSSR count). The monoisotopic (exact) mass is 1210 g/mol. The molecule has 3 atom stereocenters. The molecular weight excluding hydrogens is 1070 g/mol. The average molecular weight is 1210 g/mol. The fraction of sp³-hybridized carbons (Fsp3) is 0.776. The van der Waals surface area contributed by atoms with Crippen LogP contribution in [0.25, 0.3) is 0 Å². The molecule has 0 aliphatic heterocycles. The quantitative estimate of drug-likeness (QED) is 0.0272. The van der Waals surface area contributed by atoms with E-state index in [0.29, 0.717) is 17.4 Å². The molecule has 2 N–H and O–H groups in total. The summed E-state index contributed by atoms with van der Waals surface area (Å²) in [5.41, 5.74) is 0. The molecule has 9 heteroatoms. The number of aliphatic hydroxyl groups excluding tert-OH is 1. The maximum Gasteiger partial charge on any atom is 0.268 e. The number of hydrogen-bond acceptors (Lipinski definition) is 6. The van der Waals surface area contributed by atoms with E-state index in [0.717, 1.165) is 83.5 Å². The summed E-state index contributed by atoms with van der Waals surface area (Å²) in [4.78, 5) is 25.6. The van der Waals surface area contributed by atoms with Crippen LogP contribution in [0.3, 0.4) is 0 Å². The normalized spacial score (nSPS) is 14.2. The fourth-order valence-corrected chi connectivity index (χ4v) is 11.2. The molecule has 8 nitrogen and oxygen atoms in total. The molecule has 0 fully saturated rings. The second-order valence-corrected chi connectivity index (χ2v) is 27.0. The molecule has 0 aliphatic carbocycles. The number of carbonyl (C=O) groups is 1. The van der Waals surface area contributed by atoms with Gasteiger partial charge >= 0.3 is 0 Å². The Labute approximate surface area is 528 Å². The van der Waals surface area contributed by atoms with E-state index in [-0.39, 0.29) is 19.1 Å². The van der Waals surface area contributed by atoms with Crippen molar-refractivity contribution in [1.29, 1.82) is 0 Å². The van der Waals surface area contributed by atoms with Crippen LogP contribution in [0.15, 0.2) is 97.2 Å². The Hall–Kier alpha value is -2.58. The molecule has 494 valence electrons. The molecule has 0 bridgehead atoms. The summed E-state index contributed by atoms with van der Waals surface area (Å²) in [6.45, 7) is 4.57. The molecule has 0 aliphatic rings. The third-order valence-electron chi connectivity index (χ3n) is 16.0. The van der Waals surface area contributed by atoms with E-state index in [2.05, 4.69) is 104 Å². The molecule has 0 radical (unpaired) electrons. The van der Waals surface area contributed by atoms with Crippen molar-refractivity contribution in [2.75, 3.05) is 40.9 Å². The Morgan fingerprint density at radius 1 is 0.424 bits per heavy atom. The summed E-state index contributed by atoms with van der Waals surface area (Å²) in [5.74, 6) is -0.194. The highest BCUT2D eigenvalue weighted by Crippen LogP contribution is 2.38. The maximum atomic E-state index is 13.0. The van der Waals surface area contributed by atoms with Crippen LogP contribution in [0.4, 0.5) is 0 Å². The minimum Gasteiger partial charge on any atom is -0.756 e. The SMILES string of the molecule is CC/C=C\C/C=C\C/C=C\C/C=C\C/C=C\C/C=C\C/C=C\CCCCCCCCCCCCCCCCCCCCCC(=O)NC(COP(=O)([O-])OCC[N+](C)(C)C)C(O)/C=C/CCCCCCCCCCCCCCCCCCCCCC. The van der Waals surface area contributed by atoms with E-state index in [1.54, 1.807) is 6.08 Å². The Morgan fingerprint density at radius 3 is 1.05 bits per heavy atom. The van der Waals surface area contributed by atoms with Crippen LogP contribution in [-0.4, -0.2) is 68.5 Å². The maximum absolute atomic E-state index is 13.0. The zero-order chi connectivity index (χ0) is 61.9. The standard InChI is InChI=1S/C76H139N2O6P/c1-6-8-10-12-14-16-18-20-22-24-26-28-30-31-32-33-34-35-36-37-38-39-40-41-42-43-44-45-46-47-48-50-52-54-56-58-60-62-64-66-68-70-76(80)77-74(73-84-85(81,82)83-72-71-78(3,4)5)75(79)69-67-65-63-61-59-57-55-53-51-49-29-27-25-23-21-19-17-15-13-11-9-7-2/h8,10,14,16,20,22,26,28,31-32,34-35,37-38,67,69,74-75,79H,6-7,9,11-13,15,17-19,21,23-25,27,29-30,33,36,39-66,68,70-73H2,1-5H3,(H-,77,80,81,82)/b10-8-,16-14-,22-20-,28-26-,32-31-,35-34-,38-37-,69-67+. The van der Waals surface area contributed by atoms with Gasteiger partial charge < -0.3 is 28.8 Å². The van der Waals surface area contributed by atoms with Crippen LogP contribution < -0.4 is 10.2 Å². The highest BCUT2D eigenvalue weighted by Gasteiger charge is 2.23. The van der Waals surface area contributed by atoms with Gasteiger partial charge in [-0.25, -0.2) is 0 Å². The van der Waals surface area contributed by atoms with Crippen molar-refractivity contribution >= 4 is 13.7 Å². The minimum atomic E-state index is -4.61. The lowest BCUT2D eigenvalue weighted by Gasteiger charge is -2.29. The highest BCUT2D eigenvalue weighted by atomic mass is 31.2. The topological polar surface area (TPSA) is 108 Å². The molecule has 85 heavy (non-hydrogen) atoms. The van der Waals surface area contributed by atoms with Crippen LogP contribution >= 0.6 is 7.82 Å². The van der Waals surface area contributed by atoms with E-state index in [1.165, 1.54) is 225 Å². The van der Waals surface area contributed by atoms with Gasteiger partial charge in [-0.05, 0) is 77.0 Å². The molecule has 0 heterocycles. The van der Waals surface area contributed by atoms with Gasteiger partial charge in [-0.2, -0.15) is 0 Å². The molecule has 0 aromatic heterocycles. The summed E-state index contributed by atoms with van der Waals surface area (Å²) >= 11 is 0. The summed E-state index contributed by atoms with van der Waals surface area (Å²) in [5, 5.41) is 14.0. The second-order valence-electron chi connectivity index (χ2n) is 25.6. The largest absolute Gasteiger partial charge is 0.756 e. The van der Waals surface area contributed by atoms with Crippen molar-refractivity contribution in [2.45, 2.75) is 341 Å². The van der Waals surface area contributed by atoms with Crippen molar-refractivity contribution in [3.63, 3.8) is 0 Å².